The number of aromatic amines is 1. The summed E-state index contributed by atoms with van der Waals surface area (Å²) in [7, 11) is 0. The van der Waals surface area contributed by atoms with Gasteiger partial charge in [0.15, 0.2) is 0 Å². The summed E-state index contributed by atoms with van der Waals surface area (Å²) >= 11 is 1.99. The minimum absolute atomic E-state index is 0.140. The fourth-order valence-electron chi connectivity index (χ4n) is 2.97. The van der Waals surface area contributed by atoms with Crippen LogP contribution in [0.1, 0.15) is 38.4 Å². The number of piperidine rings is 1. The van der Waals surface area contributed by atoms with E-state index in [-0.39, 0.29) is 4.75 Å². The lowest BCUT2D eigenvalue weighted by molar-refractivity contribution is 0.411. The third-order valence-corrected chi connectivity index (χ3v) is 5.95. The van der Waals surface area contributed by atoms with Crippen molar-refractivity contribution < 1.29 is 0 Å². The van der Waals surface area contributed by atoms with Gasteiger partial charge in [0.25, 0.3) is 0 Å². The van der Waals surface area contributed by atoms with Gasteiger partial charge >= 0.3 is 0 Å². The average molecular weight is 281 g/mol. The molecule has 0 amide bonds. The van der Waals surface area contributed by atoms with Crippen LogP contribution in [0.15, 0.2) is 0 Å². The summed E-state index contributed by atoms with van der Waals surface area (Å²) in [5.41, 5.74) is 5.73. The van der Waals surface area contributed by atoms with Gasteiger partial charge < -0.3 is 10.6 Å². The Labute approximate surface area is 118 Å². The maximum Gasteiger partial charge on any atom is 0.244 e. The Balaban J connectivity index is 1.68. The van der Waals surface area contributed by atoms with Crippen molar-refractivity contribution in [2.75, 3.05) is 30.3 Å². The van der Waals surface area contributed by atoms with Crippen LogP contribution in [0, 0.1) is 5.92 Å². The first-order valence-corrected chi connectivity index (χ1v) is 8.22. The SMILES string of the molecule is CC1(c2nc(N3CCC(CN)CC3)n[nH]2)CCCS1. The molecular weight excluding hydrogens is 258 g/mol. The Hall–Kier alpha value is -0.750. The van der Waals surface area contributed by atoms with Crippen LogP contribution >= 0.6 is 11.8 Å². The summed E-state index contributed by atoms with van der Waals surface area (Å²) < 4.78 is 0.140. The predicted octanol–water partition coefficient (Wildman–Crippen LogP) is 1.72. The molecule has 0 radical (unpaired) electrons. The van der Waals surface area contributed by atoms with Crippen molar-refractivity contribution in [2.45, 2.75) is 37.4 Å². The minimum atomic E-state index is 0.140. The quantitative estimate of drug-likeness (QED) is 0.883. The van der Waals surface area contributed by atoms with Crippen molar-refractivity contribution in [3.63, 3.8) is 0 Å². The topological polar surface area (TPSA) is 70.8 Å². The van der Waals surface area contributed by atoms with Crippen LogP contribution in [-0.2, 0) is 4.75 Å². The number of nitrogens with one attached hydrogen (secondary N) is 1. The summed E-state index contributed by atoms with van der Waals surface area (Å²) in [5.74, 6) is 3.83. The molecule has 0 bridgehead atoms. The van der Waals surface area contributed by atoms with Crippen LogP contribution in [0.4, 0.5) is 5.95 Å². The zero-order valence-corrected chi connectivity index (χ0v) is 12.4. The normalized spacial score (nSPS) is 29.1. The Morgan fingerprint density at radius 3 is 2.89 bits per heavy atom. The largest absolute Gasteiger partial charge is 0.340 e. The van der Waals surface area contributed by atoms with E-state index in [0.29, 0.717) is 5.92 Å². The Kier molecular flexibility index (Phi) is 3.71. The standard InChI is InChI=1S/C13H23N5S/c1-13(5-2-8-19-13)11-15-12(17-16-11)18-6-3-10(9-14)4-7-18/h10H,2-9,14H2,1H3,(H,15,16,17). The lowest BCUT2D eigenvalue weighted by Crippen LogP contribution is -2.36. The van der Waals surface area contributed by atoms with E-state index >= 15 is 0 Å². The highest BCUT2D eigenvalue weighted by Gasteiger charge is 2.35. The van der Waals surface area contributed by atoms with E-state index in [1.807, 2.05) is 11.8 Å². The lowest BCUT2D eigenvalue weighted by atomic mass is 9.97. The summed E-state index contributed by atoms with van der Waals surface area (Å²) in [5, 5.41) is 7.59. The first kappa shape index (κ1) is 13.2. The van der Waals surface area contributed by atoms with E-state index < -0.39 is 0 Å². The molecule has 5 nitrogen and oxygen atoms in total. The highest BCUT2D eigenvalue weighted by Crippen LogP contribution is 2.44. The zero-order valence-electron chi connectivity index (χ0n) is 11.6. The molecule has 0 saturated carbocycles. The second kappa shape index (κ2) is 5.32. The molecule has 6 heteroatoms. The molecule has 0 spiro atoms. The van der Waals surface area contributed by atoms with Crippen LogP contribution in [0.5, 0.6) is 0 Å². The highest BCUT2D eigenvalue weighted by molar-refractivity contribution is 8.00. The van der Waals surface area contributed by atoms with Gasteiger partial charge in [0.05, 0.1) is 4.75 Å². The summed E-state index contributed by atoms with van der Waals surface area (Å²) in [6.07, 6.45) is 4.79. The van der Waals surface area contributed by atoms with Crippen molar-refractivity contribution in [3.05, 3.63) is 5.82 Å². The first-order chi connectivity index (χ1) is 9.21. The lowest BCUT2D eigenvalue weighted by Gasteiger charge is -2.30. The number of nitrogens with two attached hydrogens (primary N) is 1. The molecule has 106 valence electrons. The van der Waals surface area contributed by atoms with Crippen LogP contribution in [-0.4, -0.2) is 40.6 Å². The first-order valence-electron chi connectivity index (χ1n) is 7.23. The molecular formula is C13H23N5S. The van der Waals surface area contributed by atoms with Gasteiger partial charge in [-0.05, 0) is 50.8 Å². The van der Waals surface area contributed by atoms with Crippen molar-refractivity contribution in [1.82, 2.24) is 15.2 Å². The van der Waals surface area contributed by atoms with Crippen LogP contribution in [0.3, 0.4) is 0 Å². The third-order valence-electron chi connectivity index (χ3n) is 4.42. The zero-order chi connectivity index (χ0) is 13.3. The number of hydrogen-bond donors (Lipinski definition) is 2. The van der Waals surface area contributed by atoms with E-state index in [4.69, 9.17) is 10.7 Å². The van der Waals surface area contributed by atoms with E-state index in [1.54, 1.807) is 0 Å². The summed E-state index contributed by atoms with van der Waals surface area (Å²) in [6.45, 7) is 5.14. The van der Waals surface area contributed by atoms with Gasteiger partial charge in [0, 0.05) is 13.1 Å². The van der Waals surface area contributed by atoms with E-state index in [0.717, 1.165) is 44.2 Å². The maximum atomic E-state index is 5.73. The second-order valence-corrected chi connectivity index (χ2v) is 7.43. The summed E-state index contributed by atoms with van der Waals surface area (Å²) in [4.78, 5) is 7.03. The highest BCUT2D eigenvalue weighted by atomic mass is 32.2. The fraction of sp³-hybridized carbons (Fsp3) is 0.846. The molecule has 1 aromatic heterocycles. The molecule has 2 aliphatic rings. The van der Waals surface area contributed by atoms with E-state index in [2.05, 4.69) is 22.0 Å². The molecule has 3 N–H and O–H groups in total. The van der Waals surface area contributed by atoms with Crippen molar-refractivity contribution in [2.24, 2.45) is 11.7 Å². The molecule has 2 aliphatic heterocycles. The number of aromatic nitrogens is 3. The molecule has 3 heterocycles. The molecule has 2 saturated heterocycles. The molecule has 1 atom stereocenters. The fourth-order valence-corrected chi connectivity index (χ4v) is 4.22. The van der Waals surface area contributed by atoms with Gasteiger partial charge in [0.1, 0.15) is 5.82 Å². The Morgan fingerprint density at radius 1 is 1.47 bits per heavy atom. The number of rotatable bonds is 3. The van der Waals surface area contributed by atoms with Crippen molar-refractivity contribution in [1.29, 1.82) is 0 Å². The van der Waals surface area contributed by atoms with Gasteiger partial charge in [0.2, 0.25) is 5.95 Å². The Bertz CT molecular complexity index is 418. The van der Waals surface area contributed by atoms with Crippen LogP contribution < -0.4 is 10.6 Å². The van der Waals surface area contributed by atoms with Gasteiger partial charge in [-0.3, -0.25) is 5.10 Å². The van der Waals surface area contributed by atoms with E-state index in [1.165, 1.54) is 18.6 Å². The average Bonchev–Trinajstić information content (AvgIpc) is 3.08. The number of anilines is 1. The Morgan fingerprint density at radius 2 is 2.26 bits per heavy atom. The predicted molar refractivity (Wildman–Crippen MR) is 79.4 cm³/mol. The van der Waals surface area contributed by atoms with Gasteiger partial charge in [-0.2, -0.15) is 4.98 Å². The third kappa shape index (κ3) is 2.60. The number of H-pyrrole nitrogens is 1. The second-order valence-electron chi connectivity index (χ2n) is 5.83. The molecule has 2 fully saturated rings. The number of hydrogen-bond acceptors (Lipinski definition) is 5. The molecule has 19 heavy (non-hydrogen) atoms. The van der Waals surface area contributed by atoms with Crippen molar-refractivity contribution >= 4 is 17.7 Å². The van der Waals surface area contributed by atoms with Crippen molar-refractivity contribution in [3.8, 4) is 0 Å². The van der Waals surface area contributed by atoms with Gasteiger partial charge in [-0.15, -0.1) is 16.9 Å². The monoisotopic (exact) mass is 281 g/mol. The molecule has 0 aliphatic carbocycles. The molecule has 1 unspecified atom stereocenters. The van der Waals surface area contributed by atoms with Crippen LogP contribution in [0.25, 0.3) is 0 Å². The van der Waals surface area contributed by atoms with Gasteiger partial charge in [-0.25, -0.2) is 0 Å². The molecule has 0 aromatic carbocycles. The molecule has 1 aromatic rings. The maximum absolute atomic E-state index is 5.73. The van der Waals surface area contributed by atoms with Gasteiger partial charge in [-0.1, -0.05) is 0 Å². The number of nitrogens with zero attached hydrogens (tertiary/aromatic N) is 3. The summed E-state index contributed by atoms with van der Waals surface area (Å²) in [6, 6.07) is 0. The van der Waals surface area contributed by atoms with E-state index in [9.17, 15) is 0 Å². The molecule has 3 rings (SSSR count). The smallest absolute Gasteiger partial charge is 0.244 e. The van der Waals surface area contributed by atoms with Crippen LogP contribution in [0.2, 0.25) is 0 Å². The minimum Gasteiger partial charge on any atom is -0.340 e. The number of thioether (sulfide) groups is 1.